The van der Waals surface area contributed by atoms with Crippen molar-refractivity contribution in [1.29, 1.82) is 0 Å². The molecule has 3 nitrogen and oxygen atoms in total. The first kappa shape index (κ1) is 10.9. The van der Waals surface area contributed by atoms with E-state index in [2.05, 4.69) is 5.32 Å². The van der Waals surface area contributed by atoms with Crippen LogP contribution in [-0.2, 0) is 0 Å². The van der Waals surface area contributed by atoms with E-state index in [1.165, 1.54) is 0 Å². The van der Waals surface area contributed by atoms with Crippen LogP contribution < -0.4 is 11.1 Å². The highest BCUT2D eigenvalue weighted by atomic mass is 16.3. The Kier molecular flexibility index (Phi) is 3.77. The molecule has 0 aliphatic rings. The maximum absolute atomic E-state index is 9.03. The molecule has 0 heterocycles. The lowest BCUT2D eigenvalue weighted by Crippen LogP contribution is -2.23. The van der Waals surface area contributed by atoms with Crippen molar-refractivity contribution < 1.29 is 5.11 Å². The number of nitrogen functional groups attached to an aromatic ring is 1. The van der Waals surface area contributed by atoms with Crippen molar-refractivity contribution in [3.05, 3.63) is 23.8 Å². The molecule has 1 unspecified atom stereocenters. The molecule has 0 saturated carbocycles. The molecule has 0 amide bonds. The van der Waals surface area contributed by atoms with Crippen LogP contribution in [-0.4, -0.2) is 17.8 Å². The minimum atomic E-state index is 0.0833. The van der Waals surface area contributed by atoms with Crippen LogP contribution in [0.3, 0.4) is 0 Å². The molecule has 1 aromatic carbocycles. The zero-order chi connectivity index (χ0) is 10.6. The number of aryl methyl sites for hydroxylation is 1. The first-order valence-corrected chi connectivity index (χ1v) is 4.91. The summed E-state index contributed by atoms with van der Waals surface area (Å²) in [5.74, 6) is 0. The fourth-order valence-corrected chi connectivity index (χ4v) is 1.31. The van der Waals surface area contributed by atoms with Crippen LogP contribution in [0.2, 0.25) is 0 Å². The second kappa shape index (κ2) is 4.86. The lowest BCUT2D eigenvalue weighted by atomic mass is 10.1. The van der Waals surface area contributed by atoms with Gasteiger partial charge in [-0.25, -0.2) is 0 Å². The van der Waals surface area contributed by atoms with Crippen LogP contribution in [0.25, 0.3) is 0 Å². The van der Waals surface area contributed by atoms with E-state index in [1.54, 1.807) is 0 Å². The van der Waals surface area contributed by atoms with E-state index in [4.69, 9.17) is 10.8 Å². The lowest BCUT2D eigenvalue weighted by molar-refractivity contribution is 0.272. The van der Waals surface area contributed by atoms with Gasteiger partial charge in [0.25, 0.3) is 0 Å². The summed E-state index contributed by atoms with van der Waals surface area (Å²) in [6.07, 6.45) is 0.879. The highest BCUT2D eigenvalue weighted by Crippen LogP contribution is 2.20. The third kappa shape index (κ3) is 2.64. The fraction of sp³-hybridized carbons (Fsp3) is 0.455. The summed E-state index contributed by atoms with van der Waals surface area (Å²) in [5, 5.41) is 12.2. The van der Waals surface area contributed by atoms with Crippen LogP contribution in [0, 0.1) is 6.92 Å². The average molecular weight is 194 g/mol. The second-order valence-electron chi connectivity index (χ2n) is 3.52. The molecular formula is C11H18N2O. The van der Waals surface area contributed by atoms with Crippen LogP contribution in [0.4, 0.5) is 11.4 Å². The third-order valence-electron chi connectivity index (χ3n) is 2.28. The number of aliphatic hydroxyl groups is 1. The van der Waals surface area contributed by atoms with Crippen LogP contribution >= 0.6 is 0 Å². The molecule has 0 bridgehead atoms. The van der Waals surface area contributed by atoms with Gasteiger partial charge in [-0.15, -0.1) is 0 Å². The fourth-order valence-electron chi connectivity index (χ4n) is 1.31. The summed E-state index contributed by atoms with van der Waals surface area (Å²) in [4.78, 5) is 0. The zero-order valence-corrected chi connectivity index (χ0v) is 8.75. The zero-order valence-electron chi connectivity index (χ0n) is 8.75. The van der Waals surface area contributed by atoms with Crippen molar-refractivity contribution in [2.45, 2.75) is 26.3 Å². The average Bonchev–Trinajstić information content (AvgIpc) is 2.17. The summed E-state index contributed by atoms with van der Waals surface area (Å²) >= 11 is 0. The largest absolute Gasteiger partial charge is 0.397 e. The second-order valence-corrected chi connectivity index (χ2v) is 3.52. The first-order chi connectivity index (χ1) is 6.67. The Balaban J connectivity index is 2.76. The number of benzene rings is 1. The van der Waals surface area contributed by atoms with Crippen molar-refractivity contribution in [1.82, 2.24) is 0 Å². The van der Waals surface area contributed by atoms with Gasteiger partial charge in [0.15, 0.2) is 0 Å². The van der Waals surface area contributed by atoms with E-state index in [0.717, 1.165) is 23.4 Å². The number of anilines is 2. The van der Waals surface area contributed by atoms with E-state index in [0.29, 0.717) is 0 Å². The SMILES string of the molecule is CCC(CO)Nc1ccc(C)cc1N. The summed E-state index contributed by atoms with van der Waals surface area (Å²) < 4.78 is 0. The molecule has 78 valence electrons. The summed E-state index contributed by atoms with van der Waals surface area (Å²) in [6, 6.07) is 5.96. The van der Waals surface area contributed by atoms with Crippen molar-refractivity contribution >= 4 is 11.4 Å². The number of rotatable bonds is 4. The van der Waals surface area contributed by atoms with Crippen molar-refractivity contribution in [3.8, 4) is 0 Å². The molecule has 0 aromatic heterocycles. The maximum atomic E-state index is 9.03. The van der Waals surface area contributed by atoms with Gasteiger partial charge in [-0.1, -0.05) is 13.0 Å². The van der Waals surface area contributed by atoms with Gasteiger partial charge in [0, 0.05) is 6.04 Å². The monoisotopic (exact) mass is 194 g/mol. The molecule has 3 heteroatoms. The molecule has 0 fully saturated rings. The van der Waals surface area contributed by atoms with Gasteiger partial charge in [0.1, 0.15) is 0 Å². The molecular weight excluding hydrogens is 176 g/mol. The number of hydrogen-bond donors (Lipinski definition) is 3. The number of nitrogens with two attached hydrogens (primary N) is 1. The summed E-state index contributed by atoms with van der Waals surface area (Å²) in [6.45, 7) is 4.16. The van der Waals surface area contributed by atoms with Gasteiger partial charge < -0.3 is 16.2 Å². The number of aliphatic hydroxyl groups excluding tert-OH is 1. The summed E-state index contributed by atoms with van der Waals surface area (Å²) in [5.41, 5.74) is 8.61. The van der Waals surface area contributed by atoms with E-state index in [-0.39, 0.29) is 12.6 Å². The predicted octanol–water partition coefficient (Wildman–Crippen LogP) is 1.76. The molecule has 1 atom stereocenters. The minimum absolute atomic E-state index is 0.0833. The molecule has 1 aromatic rings. The molecule has 0 saturated heterocycles. The van der Waals surface area contributed by atoms with Crippen molar-refractivity contribution in [3.63, 3.8) is 0 Å². The highest BCUT2D eigenvalue weighted by Gasteiger charge is 2.05. The van der Waals surface area contributed by atoms with Crippen LogP contribution in [0.15, 0.2) is 18.2 Å². The van der Waals surface area contributed by atoms with Gasteiger partial charge in [-0.2, -0.15) is 0 Å². The molecule has 0 radical (unpaired) electrons. The Bertz CT molecular complexity index is 295. The van der Waals surface area contributed by atoms with Gasteiger partial charge >= 0.3 is 0 Å². The van der Waals surface area contributed by atoms with Crippen molar-refractivity contribution in [2.24, 2.45) is 0 Å². The van der Waals surface area contributed by atoms with Gasteiger partial charge in [0.05, 0.1) is 18.0 Å². The molecule has 0 spiro atoms. The van der Waals surface area contributed by atoms with E-state index >= 15 is 0 Å². The Labute approximate surface area is 84.9 Å². The standard InChI is InChI=1S/C11H18N2O/c1-3-9(7-14)13-11-5-4-8(2)6-10(11)12/h4-6,9,13-14H,3,7,12H2,1-2H3. The van der Waals surface area contributed by atoms with Gasteiger partial charge in [-0.3, -0.25) is 0 Å². The topological polar surface area (TPSA) is 58.3 Å². The van der Waals surface area contributed by atoms with E-state index in [9.17, 15) is 0 Å². The number of nitrogens with one attached hydrogen (secondary N) is 1. The van der Waals surface area contributed by atoms with Gasteiger partial charge in [-0.05, 0) is 31.0 Å². The minimum Gasteiger partial charge on any atom is -0.397 e. The molecule has 14 heavy (non-hydrogen) atoms. The smallest absolute Gasteiger partial charge is 0.0632 e. The highest BCUT2D eigenvalue weighted by molar-refractivity contribution is 5.67. The van der Waals surface area contributed by atoms with Crippen LogP contribution in [0.1, 0.15) is 18.9 Å². The molecule has 0 aliphatic heterocycles. The Morgan fingerprint density at radius 3 is 2.71 bits per heavy atom. The van der Waals surface area contributed by atoms with Gasteiger partial charge in [0.2, 0.25) is 0 Å². The lowest BCUT2D eigenvalue weighted by Gasteiger charge is -2.17. The third-order valence-corrected chi connectivity index (χ3v) is 2.28. The molecule has 0 aliphatic carbocycles. The summed E-state index contributed by atoms with van der Waals surface area (Å²) in [7, 11) is 0. The first-order valence-electron chi connectivity index (χ1n) is 4.91. The Hall–Kier alpha value is -1.22. The molecule has 1 rings (SSSR count). The normalized spacial score (nSPS) is 12.5. The van der Waals surface area contributed by atoms with Crippen LogP contribution in [0.5, 0.6) is 0 Å². The predicted molar refractivity (Wildman–Crippen MR) is 60.4 cm³/mol. The maximum Gasteiger partial charge on any atom is 0.0632 e. The van der Waals surface area contributed by atoms with Crippen molar-refractivity contribution in [2.75, 3.05) is 17.7 Å². The molecule has 4 N–H and O–H groups in total. The Morgan fingerprint density at radius 1 is 1.50 bits per heavy atom. The number of hydrogen-bond acceptors (Lipinski definition) is 3. The van der Waals surface area contributed by atoms with E-state index < -0.39 is 0 Å². The quantitative estimate of drug-likeness (QED) is 0.640. The Morgan fingerprint density at radius 2 is 2.21 bits per heavy atom. The van der Waals surface area contributed by atoms with E-state index in [1.807, 2.05) is 32.0 Å².